The third-order valence-corrected chi connectivity index (χ3v) is 8.14. The number of aryl methyl sites for hydroxylation is 1. The van der Waals surface area contributed by atoms with Gasteiger partial charge in [-0.25, -0.2) is 4.98 Å². The maximum Gasteiger partial charge on any atom is 0.223 e. The number of hydrogen-bond donors (Lipinski definition) is 3. The van der Waals surface area contributed by atoms with Gasteiger partial charge in [-0.1, -0.05) is 45.7 Å². The van der Waals surface area contributed by atoms with Crippen LogP contribution in [0.1, 0.15) is 78.3 Å². The zero-order chi connectivity index (χ0) is 26.1. The average molecular weight is 511 g/mol. The molecule has 7 atom stereocenters. The Kier molecular flexibility index (Phi) is 8.52. The predicted octanol–water partition coefficient (Wildman–Crippen LogP) is 3.76. The highest BCUT2D eigenvalue weighted by atomic mass is 35.5. The number of amides is 1. The topological polar surface area (TPSA) is 125 Å². The summed E-state index contributed by atoms with van der Waals surface area (Å²) in [5.74, 6) is -0.943. The van der Waals surface area contributed by atoms with Gasteiger partial charge in [-0.15, -0.1) is 0 Å². The Balaban J connectivity index is 1.85. The number of hydrogen-bond acceptors (Lipinski definition) is 7. The summed E-state index contributed by atoms with van der Waals surface area (Å²) in [7, 11) is 0. The normalized spacial score (nSPS) is 37.5. The third-order valence-electron chi connectivity index (χ3n) is 7.76. The lowest BCUT2D eigenvalue weighted by atomic mass is 9.72. The Morgan fingerprint density at radius 3 is 2.57 bits per heavy atom. The first-order valence-electron chi connectivity index (χ1n) is 12.4. The molecule has 1 amide bonds. The summed E-state index contributed by atoms with van der Waals surface area (Å²) in [5, 5.41) is 25.0. The van der Waals surface area contributed by atoms with Crippen LogP contribution in [0.25, 0.3) is 6.08 Å². The molecule has 0 bridgehead atoms. The molecule has 8 nitrogen and oxygen atoms in total. The number of halogens is 1. The Bertz CT molecular complexity index is 959. The number of epoxide rings is 1. The second-order valence-corrected chi connectivity index (χ2v) is 11.5. The number of fused-ring (bicyclic) bond motifs is 1. The van der Waals surface area contributed by atoms with Crippen LogP contribution in [0, 0.1) is 24.2 Å². The highest BCUT2D eigenvalue weighted by molar-refractivity contribution is 6.32. The van der Waals surface area contributed by atoms with Crippen LogP contribution in [0.15, 0.2) is 15.7 Å². The maximum atomic E-state index is 13.2. The van der Waals surface area contributed by atoms with Crippen molar-refractivity contribution >= 4 is 29.4 Å². The smallest absolute Gasteiger partial charge is 0.223 e. The minimum atomic E-state index is -1.23. The molecule has 0 aliphatic carbocycles. The average Bonchev–Trinajstić information content (AvgIpc) is 3.22. The number of aliphatic hydroxyl groups is 2. The Morgan fingerprint density at radius 2 is 1.94 bits per heavy atom. The molecule has 0 radical (unpaired) electrons. The summed E-state index contributed by atoms with van der Waals surface area (Å²) in [6.07, 6.45) is 3.56. The van der Waals surface area contributed by atoms with Crippen molar-refractivity contribution in [1.29, 1.82) is 0 Å². The largest absolute Gasteiger partial charge is 0.449 e. The Hall–Kier alpha value is -1.74. The minimum absolute atomic E-state index is 0.0880. The molecule has 2 saturated heterocycles. The second-order valence-electron chi connectivity index (χ2n) is 11.1. The van der Waals surface area contributed by atoms with Crippen LogP contribution in [0.3, 0.4) is 0 Å². The van der Waals surface area contributed by atoms with E-state index in [2.05, 4.69) is 10.3 Å². The Morgan fingerprint density at radius 1 is 1.26 bits per heavy atom. The van der Waals surface area contributed by atoms with E-state index >= 15 is 0 Å². The van der Waals surface area contributed by atoms with Gasteiger partial charge in [0.05, 0.1) is 41.8 Å². The van der Waals surface area contributed by atoms with E-state index in [-0.39, 0.29) is 29.8 Å². The number of aromatic nitrogens is 1. The number of rotatable bonds is 2. The molecular formula is C26H39ClN2O6. The molecule has 5 unspecified atom stereocenters. The number of nitrogens with zero attached hydrogens (tertiary/aromatic N) is 1. The van der Waals surface area contributed by atoms with Gasteiger partial charge in [0, 0.05) is 24.3 Å². The molecule has 0 spiro atoms. The molecule has 3 heterocycles. The van der Waals surface area contributed by atoms with E-state index in [4.69, 9.17) is 20.8 Å². The van der Waals surface area contributed by atoms with Gasteiger partial charge in [0.2, 0.25) is 5.91 Å². The standard InChI is InChI=1S/C26H39ClN2O6/c1-14-8-7-9-26(6)21(35-26)11-19(18(27)10-17-13-34-16(3)28-17)29-22(31)12-20(30)25(4,5)24(33)15(2)23(14)32/h10,13-15,19-21,23,30,32H,7-9,11-12H2,1-6H3,(H,29,31)/t14-,15?,19?,20?,21?,23-,26?/m0/s1. The summed E-state index contributed by atoms with van der Waals surface area (Å²) in [5.41, 5.74) is -1.00. The first kappa shape index (κ1) is 27.8. The van der Waals surface area contributed by atoms with Crippen LogP contribution in [0.5, 0.6) is 0 Å². The molecule has 2 aliphatic rings. The highest BCUT2D eigenvalue weighted by Crippen LogP contribution is 2.44. The van der Waals surface area contributed by atoms with Crippen molar-refractivity contribution in [3.63, 3.8) is 0 Å². The summed E-state index contributed by atoms with van der Waals surface area (Å²) in [6, 6.07) is -0.549. The quantitative estimate of drug-likeness (QED) is 0.517. The van der Waals surface area contributed by atoms with Crippen molar-refractivity contribution in [2.24, 2.45) is 17.3 Å². The summed E-state index contributed by atoms with van der Waals surface area (Å²) >= 11 is 6.63. The molecule has 0 saturated carbocycles. The lowest BCUT2D eigenvalue weighted by molar-refractivity contribution is -0.143. The monoisotopic (exact) mass is 510 g/mol. The van der Waals surface area contributed by atoms with E-state index in [1.807, 2.05) is 13.8 Å². The fourth-order valence-electron chi connectivity index (χ4n) is 4.98. The number of oxazole rings is 1. The number of ether oxygens (including phenoxy) is 1. The van der Waals surface area contributed by atoms with Crippen LogP contribution in [-0.2, 0) is 14.3 Å². The number of carbonyl (C=O) groups excluding carboxylic acids is 2. The lowest BCUT2D eigenvalue weighted by Crippen LogP contribution is -2.47. The highest BCUT2D eigenvalue weighted by Gasteiger charge is 2.52. The second kappa shape index (κ2) is 10.7. The number of aliphatic hydroxyl groups excluding tert-OH is 2. The number of ketones is 1. The van der Waals surface area contributed by atoms with Gasteiger partial charge in [0.15, 0.2) is 5.89 Å². The van der Waals surface area contributed by atoms with Gasteiger partial charge >= 0.3 is 0 Å². The molecule has 2 aliphatic heterocycles. The van der Waals surface area contributed by atoms with E-state index in [0.29, 0.717) is 23.0 Å². The van der Waals surface area contributed by atoms with Gasteiger partial charge in [-0.05, 0) is 31.8 Å². The van der Waals surface area contributed by atoms with Gasteiger partial charge in [-0.2, -0.15) is 0 Å². The van der Waals surface area contributed by atoms with Crippen LogP contribution < -0.4 is 5.32 Å². The molecule has 3 rings (SSSR count). The number of Topliss-reactive ketones (excluding diaryl/α,β-unsaturated/α-hetero) is 1. The third kappa shape index (κ3) is 6.53. The van der Waals surface area contributed by atoms with Crippen LogP contribution in [0.2, 0.25) is 0 Å². The van der Waals surface area contributed by atoms with E-state index < -0.39 is 35.5 Å². The van der Waals surface area contributed by atoms with Crippen molar-refractivity contribution in [2.45, 2.75) is 104 Å². The van der Waals surface area contributed by atoms with E-state index in [9.17, 15) is 19.8 Å². The summed E-state index contributed by atoms with van der Waals surface area (Å²) in [6.45, 7) is 10.6. The van der Waals surface area contributed by atoms with Gasteiger partial charge < -0.3 is 24.7 Å². The molecule has 1 aromatic heterocycles. The molecule has 3 N–H and O–H groups in total. The summed E-state index contributed by atoms with van der Waals surface area (Å²) in [4.78, 5) is 30.4. The van der Waals surface area contributed by atoms with E-state index in [1.54, 1.807) is 33.8 Å². The van der Waals surface area contributed by atoms with Crippen LogP contribution >= 0.6 is 11.6 Å². The van der Waals surface area contributed by atoms with E-state index in [1.165, 1.54) is 6.26 Å². The first-order valence-corrected chi connectivity index (χ1v) is 12.8. The number of carbonyl (C=O) groups is 2. The van der Waals surface area contributed by atoms with Crippen LogP contribution in [0.4, 0.5) is 0 Å². The van der Waals surface area contributed by atoms with Crippen molar-refractivity contribution < 1.29 is 29.0 Å². The van der Waals surface area contributed by atoms with Crippen molar-refractivity contribution in [1.82, 2.24) is 10.3 Å². The molecule has 1 aromatic rings. The predicted molar refractivity (Wildman–Crippen MR) is 132 cm³/mol. The molecule has 35 heavy (non-hydrogen) atoms. The fraction of sp³-hybridized carbons (Fsp3) is 0.731. The lowest BCUT2D eigenvalue weighted by Gasteiger charge is -2.34. The fourth-order valence-corrected chi connectivity index (χ4v) is 5.24. The maximum absolute atomic E-state index is 13.2. The van der Waals surface area contributed by atoms with Gasteiger partial charge in [0.1, 0.15) is 17.7 Å². The van der Waals surface area contributed by atoms with Crippen LogP contribution in [-0.4, -0.2) is 56.8 Å². The van der Waals surface area contributed by atoms with Crippen molar-refractivity contribution in [3.8, 4) is 0 Å². The van der Waals surface area contributed by atoms with E-state index in [0.717, 1.165) is 19.3 Å². The molecule has 9 heteroatoms. The number of nitrogens with one attached hydrogen (secondary N) is 1. The molecule has 196 valence electrons. The molecular weight excluding hydrogens is 472 g/mol. The van der Waals surface area contributed by atoms with Gasteiger partial charge in [0.25, 0.3) is 0 Å². The minimum Gasteiger partial charge on any atom is -0.449 e. The molecule has 0 aromatic carbocycles. The zero-order valence-electron chi connectivity index (χ0n) is 21.5. The molecule has 2 fully saturated rings. The summed E-state index contributed by atoms with van der Waals surface area (Å²) < 4.78 is 11.3. The Labute approximate surface area is 212 Å². The van der Waals surface area contributed by atoms with Crippen molar-refractivity contribution in [2.75, 3.05) is 0 Å². The SMILES string of the molecule is Cc1nc(C=C(Cl)C2CC3OC3(C)CCC[C@H](C)[C@H](O)C(C)C(=O)C(C)(C)C(O)CC(=O)N2)co1. The first-order chi connectivity index (χ1) is 16.2. The van der Waals surface area contributed by atoms with Crippen molar-refractivity contribution in [3.05, 3.63) is 22.9 Å². The zero-order valence-corrected chi connectivity index (χ0v) is 22.3. The van der Waals surface area contributed by atoms with Gasteiger partial charge in [-0.3, -0.25) is 9.59 Å².